The molecule has 136 valence electrons. The normalized spacial score (nSPS) is 18.0. The number of amides is 1. The van der Waals surface area contributed by atoms with Crippen molar-refractivity contribution in [2.24, 2.45) is 5.92 Å². The lowest BCUT2D eigenvalue weighted by molar-refractivity contribution is -0.122. The fourth-order valence-electron chi connectivity index (χ4n) is 3.47. The zero-order chi connectivity index (χ0) is 18.1. The summed E-state index contributed by atoms with van der Waals surface area (Å²) in [6.45, 7) is 0.803. The van der Waals surface area contributed by atoms with Crippen LogP contribution in [0.1, 0.15) is 30.4 Å². The zero-order valence-electron chi connectivity index (χ0n) is 14.5. The molecule has 1 heterocycles. The van der Waals surface area contributed by atoms with E-state index in [1.54, 1.807) is 24.3 Å². The monoisotopic (exact) mass is 370 g/mol. The van der Waals surface area contributed by atoms with Crippen LogP contribution in [0.3, 0.4) is 0 Å². The Kier molecular flexibility index (Phi) is 4.54. The second kappa shape index (κ2) is 6.85. The van der Waals surface area contributed by atoms with Gasteiger partial charge >= 0.3 is 0 Å². The van der Waals surface area contributed by atoms with E-state index in [1.807, 2.05) is 24.3 Å². The summed E-state index contributed by atoms with van der Waals surface area (Å²) in [5.41, 5.74) is 2.85. The third-order valence-corrected chi connectivity index (χ3v) is 7.17. The summed E-state index contributed by atoms with van der Waals surface area (Å²) in [6, 6.07) is 14.4. The molecule has 2 aromatic carbocycles. The molecule has 1 amide bonds. The van der Waals surface area contributed by atoms with Gasteiger partial charge in [0.05, 0.1) is 4.90 Å². The van der Waals surface area contributed by atoms with Crippen LogP contribution in [0.2, 0.25) is 0 Å². The first-order valence-corrected chi connectivity index (χ1v) is 10.5. The van der Waals surface area contributed by atoms with Crippen LogP contribution >= 0.6 is 0 Å². The van der Waals surface area contributed by atoms with Crippen molar-refractivity contribution in [3.63, 3.8) is 0 Å². The van der Waals surface area contributed by atoms with Gasteiger partial charge in [0.1, 0.15) is 0 Å². The van der Waals surface area contributed by atoms with Crippen LogP contribution in [0.5, 0.6) is 0 Å². The van der Waals surface area contributed by atoms with Crippen LogP contribution in [0, 0.1) is 5.92 Å². The molecule has 1 aliphatic carbocycles. The first-order valence-electron chi connectivity index (χ1n) is 9.02. The van der Waals surface area contributed by atoms with Gasteiger partial charge in [-0.3, -0.25) is 4.79 Å². The van der Waals surface area contributed by atoms with Crippen molar-refractivity contribution >= 4 is 21.6 Å². The van der Waals surface area contributed by atoms with Gasteiger partial charge in [0.2, 0.25) is 15.9 Å². The number of nitrogens with one attached hydrogen (secondary N) is 1. The molecule has 2 aliphatic rings. The van der Waals surface area contributed by atoms with E-state index < -0.39 is 10.0 Å². The molecule has 0 radical (unpaired) electrons. The van der Waals surface area contributed by atoms with Gasteiger partial charge in [-0.15, -0.1) is 0 Å². The number of nitrogens with zero attached hydrogens (tertiary/aromatic N) is 1. The quantitative estimate of drug-likeness (QED) is 0.899. The van der Waals surface area contributed by atoms with E-state index in [0.717, 1.165) is 36.1 Å². The van der Waals surface area contributed by atoms with Gasteiger partial charge in [0.25, 0.3) is 0 Å². The van der Waals surface area contributed by atoms with Crippen molar-refractivity contribution in [2.75, 3.05) is 11.9 Å². The van der Waals surface area contributed by atoms with E-state index in [-0.39, 0.29) is 11.8 Å². The number of carbonyl (C=O) groups excluding carboxylic acids is 1. The third-order valence-electron chi connectivity index (χ3n) is 5.31. The summed E-state index contributed by atoms with van der Waals surface area (Å²) in [5, 5.41) is 2.97. The lowest BCUT2D eigenvalue weighted by Gasteiger charge is -2.29. The summed E-state index contributed by atoms with van der Waals surface area (Å²) >= 11 is 0. The predicted octanol–water partition coefficient (Wildman–Crippen LogP) is 3.17. The summed E-state index contributed by atoms with van der Waals surface area (Å²) in [4.78, 5) is 12.5. The molecular weight excluding hydrogens is 348 g/mol. The van der Waals surface area contributed by atoms with Crippen LogP contribution in [0.25, 0.3) is 0 Å². The minimum atomic E-state index is -3.50. The molecule has 26 heavy (non-hydrogen) atoms. The minimum absolute atomic E-state index is 0.0702. The van der Waals surface area contributed by atoms with Crippen LogP contribution in [-0.4, -0.2) is 25.2 Å². The number of fused-ring (bicyclic) bond motifs is 1. The second-order valence-corrected chi connectivity index (χ2v) is 8.94. The maximum Gasteiger partial charge on any atom is 0.243 e. The molecule has 0 bridgehead atoms. The predicted molar refractivity (Wildman–Crippen MR) is 100 cm³/mol. The number of carbonyl (C=O) groups is 1. The smallest absolute Gasteiger partial charge is 0.243 e. The number of benzene rings is 2. The van der Waals surface area contributed by atoms with E-state index in [9.17, 15) is 13.2 Å². The Labute approximate surface area is 154 Å². The fourth-order valence-corrected chi connectivity index (χ4v) is 4.91. The first-order chi connectivity index (χ1) is 12.5. The van der Waals surface area contributed by atoms with Crippen molar-refractivity contribution in [1.82, 2.24) is 4.31 Å². The number of hydrogen-bond acceptors (Lipinski definition) is 3. The van der Waals surface area contributed by atoms with E-state index in [2.05, 4.69) is 5.32 Å². The number of sulfonamides is 1. The first kappa shape index (κ1) is 17.2. The van der Waals surface area contributed by atoms with Gasteiger partial charge in [0.15, 0.2) is 0 Å². The number of rotatable bonds is 4. The molecule has 5 nitrogen and oxygen atoms in total. The summed E-state index contributed by atoms with van der Waals surface area (Å²) in [5.74, 6) is 0.196. The SMILES string of the molecule is O=C(Nc1ccc2c(c1)CN(S(=O)(=O)c1ccccc1)CC2)C1CCC1. The molecule has 6 heteroatoms. The van der Waals surface area contributed by atoms with Gasteiger partial charge in [-0.2, -0.15) is 4.31 Å². The van der Waals surface area contributed by atoms with Gasteiger partial charge in [-0.25, -0.2) is 8.42 Å². The average Bonchev–Trinajstić information content (AvgIpc) is 2.60. The zero-order valence-corrected chi connectivity index (χ0v) is 15.3. The highest BCUT2D eigenvalue weighted by molar-refractivity contribution is 7.89. The maximum atomic E-state index is 12.9. The molecule has 0 unspecified atom stereocenters. The van der Waals surface area contributed by atoms with Crippen molar-refractivity contribution in [1.29, 1.82) is 0 Å². The van der Waals surface area contributed by atoms with Gasteiger partial charge in [0, 0.05) is 24.7 Å². The topological polar surface area (TPSA) is 66.5 Å². The largest absolute Gasteiger partial charge is 0.326 e. The molecule has 0 spiro atoms. The Morgan fingerprint density at radius 3 is 2.50 bits per heavy atom. The van der Waals surface area contributed by atoms with Crippen LogP contribution in [-0.2, 0) is 27.8 Å². The molecule has 1 aliphatic heterocycles. The van der Waals surface area contributed by atoms with Crippen molar-refractivity contribution < 1.29 is 13.2 Å². The van der Waals surface area contributed by atoms with E-state index in [1.165, 1.54) is 4.31 Å². The Balaban J connectivity index is 1.54. The molecule has 0 atom stereocenters. The third kappa shape index (κ3) is 3.27. The van der Waals surface area contributed by atoms with E-state index in [4.69, 9.17) is 0 Å². The van der Waals surface area contributed by atoms with E-state index in [0.29, 0.717) is 24.4 Å². The Hall–Kier alpha value is -2.18. The molecule has 4 rings (SSSR count). The van der Waals surface area contributed by atoms with Gasteiger partial charge in [-0.1, -0.05) is 30.7 Å². The van der Waals surface area contributed by atoms with Gasteiger partial charge < -0.3 is 5.32 Å². The number of anilines is 1. The highest BCUT2D eigenvalue weighted by Gasteiger charge is 2.29. The molecular formula is C20H22N2O3S. The molecule has 1 N–H and O–H groups in total. The van der Waals surface area contributed by atoms with Crippen molar-refractivity contribution in [2.45, 2.75) is 37.1 Å². The Morgan fingerprint density at radius 1 is 1.04 bits per heavy atom. The second-order valence-electron chi connectivity index (χ2n) is 7.00. The van der Waals surface area contributed by atoms with E-state index >= 15 is 0 Å². The number of hydrogen-bond donors (Lipinski definition) is 1. The Morgan fingerprint density at radius 2 is 1.81 bits per heavy atom. The van der Waals surface area contributed by atoms with Crippen molar-refractivity contribution in [3.8, 4) is 0 Å². The Bertz CT molecular complexity index is 921. The fraction of sp³-hybridized carbons (Fsp3) is 0.350. The lowest BCUT2D eigenvalue weighted by Crippen LogP contribution is -2.36. The van der Waals surface area contributed by atoms with Crippen LogP contribution in [0.4, 0.5) is 5.69 Å². The highest BCUT2D eigenvalue weighted by atomic mass is 32.2. The standard InChI is InChI=1S/C20H22N2O3S/c23-20(16-5-4-6-16)21-18-10-9-15-11-12-22(14-17(15)13-18)26(24,25)19-7-2-1-3-8-19/h1-3,7-10,13,16H,4-6,11-12,14H2,(H,21,23). The summed E-state index contributed by atoms with van der Waals surface area (Å²) in [6.07, 6.45) is 3.71. The van der Waals surface area contributed by atoms with Crippen molar-refractivity contribution in [3.05, 3.63) is 59.7 Å². The van der Waals surface area contributed by atoms with Crippen LogP contribution < -0.4 is 5.32 Å². The molecule has 1 saturated carbocycles. The average molecular weight is 370 g/mol. The van der Waals surface area contributed by atoms with Gasteiger partial charge in [-0.05, 0) is 54.7 Å². The molecule has 1 fully saturated rings. The molecule has 0 aromatic heterocycles. The molecule has 2 aromatic rings. The maximum absolute atomic E-state index is 12.9. The summed E-state index contributed by atoms with van der Waals surface area (Å²) < 4.78 is 27.2. The highest BCUT2D eigenvalue weighted by Crippen LogP contribution is 2.30. The molecule has 0 saturated heterocycles. The lowest BCUT2D eigenvalue weighted by atomic mass is 9.85. The summed E-state index contributed by atoms with van der Waals surface area (Å²) in [7, 11) is -3.50. The minimum Gasteiger partial charge on any atom is -0.326 e. The van der Waals surface area contributed by atoms with Crippen LogP contribution in [0.15, 0.2) is 53.4 Å².